The third kappa shape index (κ3) is 3.64. The van der Waals surface area contributed by atoms with Gasteiger partial charge < -0.3 is 4.74 Å². The van der Waals surface area contributed by atoms with Crippen molar-refractivity contribution in [3.8, 4) is 6.07 Å². The molecule has 19 heavy (non-hydrogen) atoms. The van der Waals surface area contributed by atoms with Gasteiger partial charge in [0.15, 0.2) is 0 Å². The molecule has 0 saturated heterocycles. The first-order chi connectivity index (χ1) is 8.84. The van der Waals surface area contributed by atoms with Crippen LogP contribution in [0.25, 0.3) is 0 Å². The van der Waals surface area contributed by atoms with Crippen LogP contribution in [0.5, 0.6) is 0 Å². The molecule has 0 unspecified atom stereocenters. The highest BCUT2D eigenvalue weighted by Gasteiger charge is 2.34. The van der Waals surface area contributed by atoms with Crippen molar-refractivity contribution in [3.63, 3.8) is 0 Å². The van der Waals surface area contributed by atoms with Gasteiger partial charge in [-0.3, -0.25) is 0 Å². The average Bonchev–Trinajstić information content (AvgIpc) is 2.35. The van der Waals surface area contributed by atoms with Crippen molar-refractivity contribution >= 4 is 17.7 Å². The van der Waals surface area contributed by atoms with Gasteiger partial charge in [0.2, 0.25) is 0 Å². The van der Waals surface area contributed by atoms with Gasteiger partial charge in [0.05, 0.1) is 18.2 Å². The molecule has 0 aliphatic heterocycles. The number of halogens is 3. The number of hydrogen-bond acceptors (Lipinski definition) is 4. The Hall–Kier alpha value is -1.68. The zero-order chi connectivity index (χ0) is 14.6. The summed E-state index contributed by atoms with van der Waals surface area (Å²) in [5.41, 5.74) is -4.65. The van der Waals surface area contributed by atoms with Gasteiger partial charge in [0.1, 0.15) is 6.07 Å². The van der Waals surface area contributed by atoms with Gasteiger partial charge in [-0.25, -0.2) is 4.79 Å². The second kappa shape index (κ2) is 5.97. The summed E-state index contributed by atoms with van der Waals surface area (Å²) in [5.74, 6) is -0.946. The largest absolute Gasteiger partial charge is 0.465 e. The van der Waals surface area contributed by atoms with E-state index in [0.29, 0.717) is 12.0 Å². The minimum absolute atomic E-state index is 0.129. The molecule has 0 aromatic heterocycles. The summed E-state index contributed by atoms with van der Waals surface area (Å²) in [7, 11) is 1.06. The van der Waals surface area contributed by atoms with E-state index < -0.39 is 23.2 Å². The fourth-order valence-electron chi connectivity index (χ4n) is 1.53. The van der Waals surface area contributed by atoms with E-state index in [0.717, 1.165) is 7.11 Å². The topological polar surface area (TPSA) is 50.1 Å². The van der Waals surface area contributed by atoms with Crippen LogP contribution in [0.4, 0.5) is 13.2 Å². The third-order valence-electron chi connectivity index (χ3n) is 2.35. The van der Waals surface area contributed by atoms with Crippen LogP contribution in [0.3, 0.4) is 0 Å². The zero-order valence-electron chi connectivity index (χ0n) is 10.2. The van der Waals surface area contributed by atoms with Gasteiger partial charge in [-0.2, -0.15) is 18.4 Å². The summed E-state index contributed by atoms with van der Waals surface area (Å²) in [6.07, 6.45) is 0.314. The molecule has 0 bridgehead atoms. The standard InChI is InChI=1S/C12H10F3NO2S/c1-3-7-4-5-8(6-16)9(11(17)18-2)10(7)19-12(13,14)15/h4-5H,3H2,1-2H3. The quantitative estimate of drug-likeness (QED) is 0.631. The minimum Gasteiger partial charge on any atom is -0.465 e. The summed E-state index contributed by atoms with van der Waals surface area (Å²) in [6, 6.07) is 4.45. The first-order valence-corrected chi connectivity index (χ1v) is 6.05. The molecule has 7 heteroatoms. The van der Waals surface area contributed by atoms with Crippen LogP contribution in [0, 0.1) is 11.3 Å². The maximum atomic E-state index is 12.6. The molecule has 3 nitrogen and oxygen atoms in total. The smallest absolute Gasteiger partial charge is 0.446 e. The molecule has 102 valence electrons. The van der Waals surface area contributed by atoms with Gasteiger partial charge in [-0.05, 0) is 29.8 Å². The number of ether oxygens (including phenoxy) is 1. The zero-order valence-corrected chi connectivity index (χ0v) is 11.0. The van der Waals surface area contributed by atoms with E-state index in [9.17, 15) is 18.0 Å². The highest BCUT2D eigenvalue weighted by atomic mass is 32.2. The molecule has 1 aromatic rings. The Morgan fingerprint density at radius 2 is 2.11 bits per heavy atom. The molecule has 1 rings (SSSR count). The van der Waals surface area contributed by atoms with Crippen LogP contribution in [0.1, 0.15) is 28.4 Å². The predicted octanol–water partition coefficient (Wildman–Crippen LogP) is 3.52. The molecular formula is C12H10F3NO2S. The lowest BCUT2D eigenvalue weighted by Crippen LogP contribution is -2.11. The molecule has 0 aliphatic rings. The number of nitriles is 1. The average molecular weight is 289 g/mol. The Kier molecular flexibility index (Phi) is 4.84. The number of rotatable bonds is 3. The minimum atomic E-state index is -4.54. The number of esters is 1. The van der Waals surface area contributed by atoms with Gasteiger partial charge in [-0.1, -0.05) is 13.0 Å². The van der Waals surface area contributed by atoms with E-state index in [4.69, 9.17) is 5.26 Å². The van der Waals surface area contributed by atoms with Crippen LogP contribution in [-0.4, -0.2) is 18.6 Å². The number of carbonyl (C=O) groups is 1. The molecule has 0 fully saturated rings. The molecule has 0 N–H and O–H groups in total. The van der Waals surface area contributed by atoms with E-state index in [2.05, 4.69) is 4.74 Å². The predicted molar refractivity (Wildman–Crippen MR) is 63.8 cm³/mol. The van der Waals surface area contributed by atoms with Gasteiger partial charge in [0, 0.05) is 4.90 Å². The van der Waals surface area contributed by atoms with Crippen molar-refractivity contribution < 1.29 is 22.7 Å². The summed E-state index contributed by atoms with van der Waals surface area (Å²) < 4.78 is 42.2. The maximum absolute atomic E-state index is 12.6. The second-order valence-electron chi connectivity index (χ2n) is 3.48. The van der Waals surface area contributed by atoms with E-state index in [-0.39, 0.29) is 16.0 Å². The van der Waals surface area contributed by atoms with Crippen molar-refractivity contribution in [1.29, 1.82) is 5.26 Å². The lowest BCUT2D eigenvalue weighted by molar-refractivity contribution is -0.0328. The monoisotopic (exact) mass is 289 g/mol. The second-order valence-corrected chi connectivity index (χ2v) is 4.56. The van der Waals surface area contributed by atoms with Crippen molar-refractivity contribution in [1.82, 2.24) is 0 Å². The number of methoxy groups -OCH3 is 1. The van der Waals surface area contributed by atoms with Crippen molar-refractivity contribution in [2.75, 3.05) is 7.11 Å². The Morgan fingerprint density at radius 1 is 1.47 bits per heavy atom. The van der Waals surface area contributed by atoms with E-state index >= 15 is 0 Å². The number of alkyl halides is 3. The van der Waals surface area contributed by atoms with Crippen LogP contribution in [0.15, 0.2) is 17.0 Å². The van der Waals surface area contributed by atoms with E-state index in [1.165, 1.54) is 12.1 Å². The number of hydrogen-bond donors (Lipinski definition) is 0. The summed E-state index contributed by atoms with van der Waals surface area (Å²) in [6.45, 7) is 1.67. The molecule has 0 saturated carbocycles. The Labute approximate surface area is 112 Å². The lowest BCUT2D eigenvalue weighted by Gasteiger charge is -2.14. The molecule has 0 radical (unpaired) electrons. The number of benzene rings is 1. The summed E-state index contributed by atoms with van der Waals surface area (Å²) >= 11 is -0.400. The number of thioether (sulfide) groups is 1. The van der Waals surface area contributed by atoms with Gasteiger partial charge in [0.25, 0.3) is 0 Å². The van der Waals surface area contributed by atoms with Crippen LogP contribution < -0.4 is 0 Å². The lowest BCUT2D eigenvalue weighted by atomic mass is 10.0. The molecule has 0 amide bonds. The first-order valence-electron chi connectivity index (χ1n) is 5.24. The molecule has 1 aromatic carbocycles. The fraction of sp³-hybridized carbons (Fsp3) is 0.333. The van der Waals surface area contributed by atoms with E-state index in [1.807, 2.05) is 0 Å². The van der Waals surface area contributed by atoms with Gasteiger partial charge >= 0.3 is 11.5 Å². The maximum Gasteiger partial charge on any atom is 0.446 e. The first kappa shape index (κ1) is 15.4. The number of carbonyl (C=O) groups excluding carboxylic acids is 1. The fourth-order valence-corrected chi connectivity index (χ4v) is 2.40. The van der Waals surface area contributed by atoms with Crippen LogP contribution >= 0.6 is 11.8 Å². The molecule has 0 spiro atoms. The number of aryl methyl sites for hydroxylation is 1. The Balaban J connectivity index is 3.53. The molecular weight excluding hydrogens is 279 g/mol. The highest BCUT2D eigenvalue weighted by Crippen LogP contribution is 2.41. The summed E-state index contributed by atoms with van der Waals surface area (Å²) in [4.78, 5) is 11.4. The van der Waals surface area contributed by atoms with Crippen molar-refractivity contribution in [3.05, 3.63) is 28.8 Å². The molecule has 0 heterocycles. The Morgan fingerprint density at radius 3 is 2.53 bits per heavy atom. The normalized spacial score (nSPS) is 10.9. The van der Waals surface area contributed by atoms with Crippen LogP contribution in [0.2, 0.25) is 0 Å². The number of nitrogens with zero attached hydrogens (tertiary/aromatic N) is 1. The highest BCUT2D eigenvalue weighted by molar-refractivity contribution is 8.00. The summed E-state index contributed by atoms with van der Waals surface area (Å²) in [5, 5.41) is 8.90. The van der Waals surface area contributed by atoms with Crippen LogP contribution in [-0.2, 0) is 11.2 Å². The Bertz CT molecular complexity index is 535. The van der Waals surface area contributed by atoms with Gasteiger partial charge in [-0.15, -0.1) is 0 Å². The third-order valence-corrected chi connectivity index (χ3v) is 3.25. The van der Waals surface area contributed by atoms with E-state index in [1.54, 1.807) is 13.0 Å². The molecule has 0 atom stereocenters. The van der Waals surface area contributed by atoms with Crippen molar-refractivity contribution in [2.45, 2.75) is 23.7 Å². The molecule has 0 aliphatic carbocycles. The SMILES string of the molecule is CCc1ccc(C#N)c(C(=O)OC)c1SC(F)(F)F. The van der Waals surface area contributed by atoms with Crippen molar-refractivity contribution in [2.24, 2.45) is 0 Å².